The molecule has 0 saturated carbocycles. The minimum absolute atomic E-state index is 0.112. The van der Waals surface area contributed by atoms with Gasteiger partial charge in [-0.15, -0.1) is 5.92 Å². The molecule has 2 nitrogen and oxygen atoms in total. The molecule has 0 heterocycles. The summed E-state index contributed by atoms with van der Waals surface area (Å²) in [4.78, 5) is 5.41. The van der Waals surface area contributed by atoms with Crippen LogP contribution in [-0.4, -0.2) is 30.6 Å². The second-order valence-corrected chi connectivity index (χ2v) is 3.24. The molecule has 0 unspecified atom stereocenters. The molecule has 0 rings (SSSR count). The number of likely N-dealkylation sites (N-methyl/N-ethyl adjacent to an activating group) is 1. The normalized spacial score (nSPS) is 10.3. The van der Waals surface area contributed by atoms with E-state index in [1.165, 1.54) is 0 Å². The molecule has 0 spiro atoms. The Morgan fingerprint density at radius 1 is 1.50 bits per heavy atom. The van der Waals surface area contributed by atoms with Crippen LogP contribution < -0.4 is 0 Å². The molecule has 0 aliphatic rings. The first kappa shape index (κ1) is 11.0. The second kappa shape index (κ2) is 4.80. The predicted octanol–water partition coefficient (Wildman–Crippen LogP) is 1.64. The van der Waals surface area contributed by atoms with Crippen LogP contribution in [0.25, 0.3) is 4.85 Å². The first-order valence-corrected chi connectivity index (χ1v) is 4.03. The summed E-state index contributed by atoms with van der Waals surface area (Å²) in [6, 6.07) is 0. The van der Waals surface area contributed by atoms with Gasteiger partial charge >= 0.3 is 0 Å². The fraction of sp³-hybridized carbons (Fsp3) is 0.700. The summed E-state index contributed by atoms with van der Waals surface area (Å²) in [6.07, 6.45) is 0. The van der Waals surface area contributed by atoms with Gasteiger partial charge in [0.1, 0.15) is 0 Å². The average molecular weight is 164 g/mol. The molecule has 0 aliphatic heterocycles. The molecule has 0 amide bonds. The molecule has 2 heteroatoms. The molecule has 0 aromatic heterocycles. The lowest BCUT2D eigenvalue weighted by atomic mass is 10.0. The lowest BCUT2D eigenvalue weighted by Gasteiger charge is -2.29. The van der Waals surface area contributed by atoms with Crippen molar-refractivity contribution in [3.05, 3.63) is 11.4 Å². The van der Waals surface area contributed by atoms with Gasteiger partial charge in [-0.05, 0) is 27.8 Å². The summed E-state index contributed by atoms with van der Waals surface area (Å²) in [5.41, 5.74) is -0.112. The monoisotopic (exact) mass is 164 g/mol. The van der Waals surface area contributed by atoms with E-state index < -0.39 is 0 Å². The van der Waals surface area contributed by atoms with E-state index in [1.54, 1.807) is 0 Å². The van der Waals surface area contributed by atoms with E-state index in [2.05, 4.69) is 35.4 Å². The van der Waals surface area contributed by atoms with Gasteiger partial charge in [-0.25, -0.2) is 6.57 Å². The molecule has 0 saturated heterocycles. The highest BCUT2D eigenvalue weighted by atomic mass is 15.2. The first-order chi connectivity index (χ1) is 5.54. The standard InChI is InChI=1S/C10H16N2/c1-6-7-10(2,3)12(5)9-8-11-4/h8-9H2,1-3,5H3. The van der Waals surface area contributed by atoms with Crippen LogP contribution >= 0.6 is 0 Å². The van der Waals surface area contributed by atoms with E-state index >= 15 is 0 Å². The minimum atomic E-state index is -0.112. The van der Waals surface area contributed by atoms with E-state index in [4.69, 9.17) is 6.57 Å². The molecule has 0 bridgehead atoms. The maximum atomic E-state index is 6.66. The SMILES string of the molecule is [C-]#[N+]CCN(C)C(C)(C)C#CC. The van der Waals surface area contributed by atoms with Gasteiger partial charge in [0.05, 0.1) is 12.1 Å². The Labute approximate surface area is 75.4 Å². The van der Waals surface area contributed by atoms with Crippen molar-refractivity contribution in [2.24, 2.45) is 0 Å². The fourth-order valence-electron chi connectivity index (χ4n) is 0.881. The summed E-state index contributed by atoms with van der Waals surface area (Å²) in [5.74, 6) is 6.00. The Morgan fingerprint density at radius 2 is 2.08 bits per heavy atom. The van der Waals surface area contributed by atoms with Gasteiger partial charge in [0.2, 0.25) is 6.54 Å². The van der Waals surface area contributed by atoms with Crippen LogP contribution in [0.4, 0.5) is 0 Å². The van der Waals surface area contributed by atoms with Crippen LogP contribution in [0.1, 0.15) is 20.8 Å². The number of hydrogen-bond donors (Lipinski definition) is 0. The van der Waals surface area contributed by atoms with E-state index in [-0.39, 0.29) is 5.54 Å². The Balaban J connectivity index is 4.13. The summed E-state index contributed by atoms with van der Waals surface area (Å²) in [7, 11) is 2.00. The highest BCUT2D eigenvalue weighted by Crippen LogP contribution is 2.09. The van der Waals surface area contributed by atoms with Crippen molar-refractivity contribution in [3.63, 3.8) is 0 Å². The molecular formula is C10H16N2. The van der Waals surface area contributed by atoms with Gasteiger partial charge in [0.15, 0.2) is 0 Å². The lowest BCUT2D eigenvalue weighted by Crippen LogP contribution is -2.41. The van der Waals surface area contributed by atoms with Crippen LogP contribution in [0, 0.1) is 18.4 Å². The van der Waals surface area contributed by atoms with Crippen molar-refractivity contribution < 1.29 is 0 Å². The van der Waals surface area contributed by atoms with Gasteiger partial charge in [-0.1, -0.05) is 5.92 Å². The summed E-state index contributed by atoms with van der Waals surface area (Å²) in [5, 5.41) is 0. The summed E-state index contributed by atoms with van der Waals surface area (Å²) >= 11 is 0. The third-order valence-corrected chi connectivity index (χ3v) is 1.93. The number of rotatable bonds is 3. The van der Waals surface area contributed by atoms with Crippen molar-refractivity contribution in [2.45, 2.75) is 26.3 Å². The Bertz CT molecular complexity index is 224. The Hall–Kier alpha value is -0.990. The molecule has 12 heavy (non-hydrogen) atoms. The van der Waals surface area contributed by atoms with Crippen molar-refractivity contribution in [1.82, 2.24) is 4.90 Å². The average Bonchev–Trinajstić information content (AvgIpc) is 2.00. The smallest absolute Gasteiger partial charge is 0.227 e. The van der Waals surface area contributed by atoms with Gasteiger partial charge in [0, 0.05) is 0 Å². The molecule has 0 atom stereocenters. The van der Waals surface area contributed by atoms with Crippen LogP contribution in [-0.2, 0) is 0 Å². The third-order valence-electron chi connectivity index (χ3n) is 1.93. The van der Waals surface area contributed by atoms with Crippen LogP contribution in [0.2, 0.25) is 0 Å². The predicted molar refractivity (Wildman–Crippen MR) is 51.6 cm³/mol. The lowest BCUT2D eigenvalue weighted by molar-refractivity contribution is 0.223. The Morgan fingerprint density at radius 3 is 2.50 bits per heavy atom. The quantitative estimate of drug-likeness (QED) is 0.454. The largest absolute Gasteiger partial charge is 0.316 e. The topological polar surface area (TPSA) is 7.60 Å². The maximum absolute atomic E-state index is 6.66. The van der Waals surface area contributed by atoms with Gasteiger partial charge < -0.3 is 4.85 Å². The first-order valence-electron chi connectivity index (χ1n) is 4.03. The van der Waals surface area contributed by atoms with Crippen molar-refractivity contribution in [1.29, 1.82) is 0 Å². The molecule has 0 N–H and O–H groups in total. The molecule has 0 fully saturated rings. The van der Waals surface area contributed by atoms with Crippen LogP contribution in [0.5, 0.6) is 0 Å². The summed E-state index contributed by atoms with van der Waals surface area (Å²) in [6.45, 7) is 14.0. The molecule has 66 valence electrons. The maximum Gasteiger partial charge on any atom is 0.227 e. The van der Waals surface area contributed by atoms with E-state index in [0.29, 0.717) is 6.54 Å². The highest BCUT2D eigenvalue weighted by Gasteiger charge is 2.20. The van der Waals surface area contributed by atoms with Crippen LogP contribution in [0.15, 0.2) is 0 Å². The molecule has 0 aliphatic carbocycles. The van der Waals surface area contributed by atoms with E-state index in [9.17, 15) is 0 Å². The minimum Gasteiger partial charge on any atom is -0.316 e. The second-order valence-electron chi connectivity index (χ2n) is 3.24. The number of hydrogen-bond acceptors (Lipinski definition) is 1. The number of nitrogens with zero attached hydrogens (tertiary/aromatic N) is 2. The Kier molecular flexibility index (Phi) is 4.40. The molecular weight excluding hydrogens is 148 g/mol. The van der Waals surface area contributed by atoms with E-state index in [0.717, 1.165) is 6.54 Å². The van der Waals surface area contributed by atoms with E-state index in [1.807, 2.05) is 14.0 Å². The van der Waals surface area contributed by atoms with Crippen molar-refractivity contribution in [3.8, 4) is 11.8 Å². The summed E-state index contributed by atoms with van der Waals surface area (Å²) < 4.78 is 0. The van der Waals surface area contributed by atoms with Crippen molar-refractivity contribution in [2.75, 3.05) is 20.1 Å². The third kappa shape index (κ3) is 3.42. The molecule has 0 aromatic rings. The van der Waals surface area contributed by atoms with Gasteiger partial charge in [-0.2, -0.15) is 0 Å². The van der Waals surface area contributed by atoms with Gasteiger partial charge in [-0.3, -0.25) is 4.90 Å². The van der Waals surface area contributed by atoms with Crippen LogP contribution in [0.3, 0.4) is 0 Å². The van der Waals surface area contributed by atoms with Gasteiger partial charge in [0.25, 0.3) is 0 Å². The molecule has 0 aromatic carbocycles. The highest BCUT2D eigenvalue weighted by molar-refractivity contribution is 5.12. The fourth-order valence-corrected chi connectivity index (χ4v) is 0.881. The van der Waals surface area contributed by atoms with Crippen molar-refractivity contribution >= 4 is 0 Å². The zero-order valence-electron chi connectivity index (χ0n) is 8.31. The molecule has 0 radical (unpaired) electrons. The zero-order chi connectivity index (χ0) is 9.61. The zero-order valence-corrected chi connectivity index (χ0v) is 8.31.